The molecule has 0 radical (unpaired) electrons. The predicted molar refractivity (Wildman–Crippen MR) is 62.5 cm³/mol. The van der Waals surface area contributed by atoms with Gasteiger partial charge in [0.25, 0.3) is 0 Å². The van der Waals surface area contributed by atoms with Crippen molar-refractivity contribution in [2.24, 2.45) is 0 Å². The first-order valence-electron chi connectivity index (χ1n) is 4.58. The molecule has 0 aliphatic carbocycles. The van der Waals surface area contributed by atoms with Gasteiger partial charge in [-0.1, -0.05) is 42.3 Å². The third-order valence-corrected chi connectivity index (χ3v) is 1.70. The predicted octanol–water partition coefficient (Wildman–Crippen LogP) is 3.06. The molecule has 0 spiro atoms. The Bertz CT molecular complexity index is 412. The zero-order valence-electron chi connectivity index (χ0n) is 8.30. The lowest BCUT2D eigenvalue weighted by atomic mass is 10.2. The Morgan fingerprint density at radius 3 is 1.53 bits per heavy atom. The van der Waals surface area contributed by atoms with Gasteiger partial charge in [-0.15, -0.1) is 6.42 Å². The number of hydrogen-bond acceptors (Lipinski definition) is 1. The summed E-state index contributed by atoms with van der Waals surface area (Å²) in [4.78, 5) is 0. The van der Waals surface area contributed by atoms with Crippen LogP contribution in [0.15, 0.2) is 60.7 Å². The van der Waals surface area contributed by atoms with E-state index in [0.717, 1.165) is 5.56 Å². The van der Waals surface area contributed by atoms with Gasteiger partial charge < -0.3 is 5.11 Å². The van der Waals surface area contributed by atoms with Crippen molar-refractivity contribution in [3.8, 4) is 18.1 Å². The molecule has 0 heterocycles. The maximum atomic E-state index is 8.63. The van der Waals surface area contributed by atoms with Gasteiger partial charge in [0.15, 0.2) is 0 Å². The van der Waals surface area contributed by atoms with Crippen LogP contribution in [-0.2, 0) is 0 Å². The maximum absolute atomic E-state index is 8.63. The van der Waals surface area contributed by atoms with E-state index in [9.17, 15) is 0 Å². The lowest BCUT2D eigenvalue weighted by Gasteiger charge is -1.82. The molecule has 0 amide bonds. The Hall–Kier alpha value is -2.20. The fraction of sp³-hybridized carbons (Fsp3) is 0. The first-order valence-corrected chi connectivity index (χ1v) is 4.58. The Morgan fingerprint density at radius 1 is 0.800 bits per heavy atom. The van der Waals surface area contributed by atoms with Crippen LogP contribution in [0.4, 0.5) is 0 Å². The first-order chi connectivity index (χ1) is 7.33. The van der Waals surface area contributed by atoms with Crippen molar-refractivity contribution in [2.45, 2.75) is 0 Å². The van der Waals surface area contributed by atoms with E-state index in [1.54, 1.807) is 24.3 Å². The van der Waals surface area contributed by atoms with Crippen molar-refractivity contribution >= 4 is 0 Å². The van der Waals surface area contributed by atoms with E-state index < -0.39 is 0 Å². The minimum absolute atomic E-state index is 0.322. The number of phenols is 1. The monoisotopic (exact) mass is 196 g/mol. The molecule has 0 saturated carbocycles. The van der Waals surface area contributed by atoms with E-state index in [0.29, 0.717) is 5.75 Å². The average molecular weight is 196 g/mol. The number of aromatic hydroxyl groups is 1. The van der Waals surface area contributed by atoms with Crippen molar-refractivity contribution in [2.75, 3.05) is 0 Å². The molecule has 2 aromatic carbocycles. The molecule has 0 fully saturated rings. The summed E-state index contributed by atoms with van der Waals surface area (Å²) < 4.78 is 0. The van der Waals surface area contributed by atoms with E-state index in [-0.39, 0.29) is 0 Å². The summed E-state index contributed by atoms with van der Waals surface area (Å²) in [6.07, 6.45) is 5.10. The second kappa shape index (κ2) is 6.28. The Balaban J connectivity index is 0.000000151. The lowest BCUT2D eigenvalue weighted by molar-refractivity contribution is 0.475. The van der Waals surface area contributed by atoms with Crippen LogP contribution >= 0.6 is 0 Å². The largest absolute Gasteiger partial charge is 0.508 e. The number of terminal acetylenes is 1. The SMILES string of the molecule is C#Cc1ccccc1.Oc1ccccc1. The molecule has 1 nitrogen and oxygen atoms in total. The van der Waals surface area contributed by atoms with Crippen LogP contribution in [0.1, 0.15) is 5.56 Å². The maximum Gasteiger partial charge on any atom is 0.115 e. The Labute approximate surface area is 90.0 Å². The lowest BCUT2D eigenvalue weighted by Crippen LogP contribution is -1.66. The summed E-state index contributed by atoms with van der Waals surface area (Å²) in [5.41, 5.74) is 0.938. The molecular formula is C14H12O. The Morgan fingerprint density at radius 2 is 1.27 bits per heavy atom. The Kier molecular flexibility index (Phi) is 4.56. The molecule has 0 aliphatic heterocycles. The minimum atomic E-state index is 0.322. The molecular weight excluding hydrogens is 184 g/mol. The number of hydrogen-bond donors (Lipinski definition) is 1. The van der Waals surface area contributed by atoms with Gasteiger partial charge >= 0.3 is 0 Å². The van der Waals surface area contributed by atoms with E-state index in [1.807, 2.05) is 36.4 Å². The van der Waals surface area contributed by atoms with Crippen molar-refractivity contribution in [3.05, 3.63) is 66.2 Å². The third-order valence-electron chi connectivity index (χ3n) is 1.70. The smallest absolute Gasteiger partial charge is 0.115 e. The van der Waals surface area contributed by atoms with Crippen LogP contribution in [0, 0.1) is 12.3 Å². The van der Waals surface area contributed by atoms with Gasteiger partial charge in [-0.2, -0.15) is 0 Å². The summed E-state index contributed by atoms with van der Waals surface area (Å²) in [5.74, 6) is 2.85. The highest BCUT2D eigenvalue weighted by Crippen LogP contribution is 2.02. The third kappa shape index (κ3) is 4.54. The van der Waals surface area contributed by atoms with E-state index in [2.05, 4.69) is 5.92 Å². The highest BCUT2D eigenvalue weighted by atomic mass is 16.3. The fourth-order valence-electron chi connectivity index (χ4n) is 0.962. The van der Waals surface area contributed by atoms with Crippen LogP contribution < -0.4 is 0 Å². The number of benzene rings is 2. The number of rotatable bonds is 0. The second-order valence-electron chi connectivity index (χ2n) is 2.85. The molecule has 0 unspecified atom stereocenters. The van der Waals surface area contributed by atoms with Gasteiger partial charge in [0.1, 0.15) is 5.75 Å². The molecule has 15 heavy (non-hydrogen) atoms. The number of phenolic OH excluding ortho intramolecular Hbond substituents is 1. The second-order valence-corrected chi connectivity index (χ2v) is 2.85. The molecule has 0 aliphatic rings. The van der Waals surface area contributed by atoms with Crippen molar-refractivity contribution in [1.29, 1.82) is 0 Å². The van der Waals surface area contributed by atoms with E-state index in [1.165, 1.54) is 0 Å². The minimum Gasteiger partial charge on any atom is -0.508 e. The van der Waals surface area contributed by atoms with Gasteiger partial charge in [-0.05, 0) is 24.3 Å². The molecule has 0 aromatic heterocycles. The summed E-state index contributed by atoms with van der Waals surface area (Å²) in [6.45, 7) is 0. The quantitative estimate of drug-likeness (QED) is 0.642. The molecule has 0 bridgehead atoms. The summed E-state index contributed by atoms with van der Waals surface area (Å²) in [5, 5.41) is 8.63. The van der Waals surface area contributed by atoms with Crippen molar-refractivity contribution in [1.82, 2.24) is 0 Å². The molecule has 74 valence electrons. The molecule has 1 N–H and O–H groups in total. The molecule has 0 atom stereocenters. The zero-order chi connectivity index (χ0) is 10.9. The van der Waals surface area contributed by atoms with Crippen molar-refractivity contribution in [3.63, 3.8) is 0 Å². The molecule has 0 saturated heterocycles. The van der Waals surface area contributed by atoms with Gasteiger partial charge in [-0.3, -0.25) is 0 Å². The highest BCUT2D eigenvalue weighted by molar-refractivity contribution is 5.30. The van der Waals surface area contributed by atoms with E-state index >= 15 is 0 Å². The van der Waals surface area contributed by atoms with E-state index in [4.69, 9.17) is 11.5 Å². The van der Waals surface area contributed by atoms with Gasteiger partial charge in [0.2, 0.25) is 0 Å². The molecule has 2 aromatic rings. The summed E-state index contributed by atoms with van der Waals surface area (Å²) in [6, 6.07) is 18.3. The van der Waals surface area contributed by atoms with Crippen LogP contribution in [-0.4, -0.2) is 5.11 Å². The van der Waals surface area contributed by atoms with Gasteiger partial charge in [-0.25, -0.2) is 0 Å². The summed E-state index contributed by atoms with van der Waals surface area (Å²) in [7, 11) is 0. The topological polar surface area (TPSA) is 20.2 Å². The summed E-state index contributed by atoms with van der Waals surface area (Å²) >= 11 is 0. The van der Waals surface area contributed by atoms with Crippen molar-refractivity contribution < 1.29 is 5.11 Å². The van der Waals surface area contributed by atoms with Crippen LogP contribution in [0.5, 0.6) is 5.75 Å². The molecule has 1 heteroatoms. The normalized spacial score (nSPS) is 8.20. The standard InChI is InChI=1S/C8H6.C6H6O/c1-2-8-6-4-3-5-7-8;7-6-4-2-1-3-5-6/h1,3-7H;1-5,7H. The first kappa shape index (κ1) is 10.9. The van der Waals surface area contributed by atoms with Crippen LogP contribution in [0.3, 0.4) is 0 Å². The highest BCUT2D eigenvalue weighted by Gasteiger charge is 1.76. The number of para-hydroxylation sites is 1. The van der Waals surface area contributed by atoms with Crippen LogP contribution in [0.2, 0.25) is 0 Å². The van der Waals surface area contributed by atoms with Crippen LogP contribution in [0.25, 0.3) is 0 Å². The van der Waals surface area contributed by atoms with Gasteiger partial charge in [0, 0.05) is 5.56 Å². The zero-order valence-corrected chi connectivity index (χ0v) is 8.30. The molecule has 2 rings (SSSR count). The average Bonchev–Trinajstić information content (AvgIpc) is 2.32. The van der Waals surface area contributed by atoms with Gasteiger partial charge in [0.05, 0.1) is 0 Å². The fourth-order valence-corrected chi connectivity index (χ4v) is 0.962.